The highest BCUT2D eigenvalue weighted by molar-refractivity contribution is 9.10. The van der Waals surface area contributed by atoms with Crippen LogP contribution in [0.1, 0.15) is 28.8 Å². The van der Waals surface area contributed by atoms with Gasteiger partial charge in [0.25, 0.3) is 5.91 Å². The molecular weight excluding hydrogens is 340 g/mol. The molecule has 0 unspecified atom stereocenters. The number of hydrogen-bond acceptors (Lipinski definition) is 3. The van der Waals surface area contributed by atoms with Crippen LogP contribution in [-0.2, 0) is 4.74 Å². The molecule has 0 radical (unpaired) electrons. The molecule has 0 aromatic heterocycles. The Balaban J connectivity index is 1.83. The molecule has 2 N–H and O–H groups in total. The Morgan fingerprint density at radius 2 is 2.35 bits per heavy atom. The van der Waals surface area contributed by atoms with Gasteiger partial charge in [-0.2, -0.15) is 0 Å². The molecule has 1 fully saturated rings. The number of thiocarbonyl (C=S) groups is 1. The molecule has 20 heavy (non-hydrogen) atoms. The lowest BCUT2D eigenvalue weighted by atomic mass is 10.1. The van der Waals surface area contributed by atoms with Crippen molar-refractivity contribution in [3.8, 4) is 0 Å². The van der Waals surface area contributed by atoms with E-state index in [-0.39, 0.29) is 12.0 Å². The minimum atomic E-state index is -0.212. The molecule has 108 valence electrons. The lowest BCUT2D eigenvalue weighted by Gasteiger charge is -2.13. The van der Waals surface area contributed by atoms with Crippen LogP contribution in [0, 0.1) is 6.92 Å². The Bertz CT molecular complexity index is 516. The average molecular weight is 357 g/mol. The van der Waals surface area contributed by atoms with E-state index in [1.807, 2.05) is 13.0 Å². The monoisotopic (exact) mass is 356 g/mol. The molecule has 0 bridgehead atoms. The summed E-state index contributed by atoms with van der Waals surface area (Å²) in [6.07, 6.45) is 2.32. The highest BCUT2D eigenvalue weighted by atomic mass is 79.9. The van der Waals surface area contributed by atoms with E-state index in [0.717, 1.165) is 29.5 Å². The van der Waals surface area contributed by atoms with Gasteiger partial charge < -0.3 is 10.1 Å². The van der Waals surface area contributed by atoms with Crippen LogP contribution in [0.2, 0.25) is 0 Å². The molecule has 1 aromatic rings. The maximum atomic E-state index is 12.0. The predicted octanol–water partition coefficient (Wildman–Crippen LogP) is 2.54. The van der Waals surface area contributed by atoms with E-state index in [1.54, 1.807) is 12.1 Å². The van der Waals surface area contributed by atoms with Gasteiger partial charge in [-0.3, -0.25) is 10.1 Å². The maximum absolute atomic E-state index is 12.0. The number of carbonyl (C=O) groups is 1. The fourth-order valence-electron chi connectivity index (χ4n) is 1.97. The third-order valence-electron chi connectivity index (χ3n) is 3.18. The number of rotatable bonds is 3. The van der Waals surface area contributed by atoms with Crippen molar-refractivity contribution < 1.29 is 9.53 Å². The zero-order valence-electron chi connectivity index (χ0n) is 11.2. The standard InChI is InChI=1S/C14H17BrN2O2S/c1-9-4-5-10(7-12(9)15)13(18)17-14(20)16-8-11-3-2-6-19-11/h4-5,7,11H,2-3,6,8H2,1H3,(H2,16,17,18,20)/t11-/m1/s1. The lowest BCUT2D eigenvalue weighted by molar-refractivity contribution is 0.0973. The first-order chi connectivity index (χ1) is 9.56. The molecule has 1 amide bonds. The van der Waals surface area contributed by atoms with Crippen molar-refractivity contribution in [3.05, 3.63) is 33.8 Å². The highest BCUT2D eigenvalue weighted by Gasteiger charge is 2.16. The number of amides is 1. The normalized spacial score (nSPS) is 17.8. The highest BCUT2D eigenvalue weighted by Crippen LogP contribution is 2.17. The first kappa shape index (κ1) is 15.4. The largest absolute Gasteiger partial charge is 0.376 e. The topological polar surface area (TPSA) is 50.4 Å². The Labute approximate surface area is 132 Å². The number of hydrogen-bond donors (Lipinski definition) is 2. The smallest absolute Gasteiger partial charge is 0.257 e. The summed E-state index contributed by atoms with van der Waals surface area (Å²) in [6.45, 7) is 3.42. The van der Waals surface area contributed by atoms with Crippen LogP contribution in [0.3, 0.4) is 0 Å². The maximum Gasteiger partial charge on any atom is 0.257 e. The van der Waals surface area contributed by atoms with E-state index in [4.69, 9.17) is 17.0 Å². The van der Waals surface area contributed by atoms with Crippen molar-refractivity contribution in [1.29, 1.82) is 0 Å². The number of halogens is 1. The summed E-state index contributed by atoms with van der Waals surface area (Å²) in [5.74, 6) is -0.212. The van der Waals surface area contributed by atoms with Crippen molar-refractivity contribution in [2.75, 3.05) is 13.2 Å². The molecule has 1 aromatic carbocycles. The van der Waals surface area contributed by atoms with Gasteiger partial charge in [-0.15, -0.1) is 0 Å². The zero-order chi connectivity index (χ0) is 14.5. The van der Waals surface area contributed by atoms with Gasteiger partial charge in [0.1, 0.15) is 0 Å². The minimum Gasteiger partial charge on any atom is -0.376 e. The van der Waals surface area contributed by atoms with Crippen molar-refractivity contribution in [2.24, 2.45) is 0 Å². The van der Waals surface area contributed by atoms with E-state index >= 15 is 0 Å². The molecule has 1 aliphatic heterocycles. The number of aryl methyl sites for hydroxylation is 1. The Kier molecular flexibility index (Phi) is 5.51. The van der Waals surface area contributed by atoms with E-state index in [2.05, 4.69) is 26.6 Å². The van der Waals surface area contributed by atoms with Gasteiger partial charge in [-0.25, -0.2) is 0 Å². The van der Waals surface area contributed by atoms with Crippen LogP contribution in [-0.4, -0.2) is 30.3 Å². The zero-order valence-corrected chi connectivity index (χ0v) is 13.6. The predicted molar refractivity (Wildman–Crippen MR) is 85.9 cm³/mol. The van der Waals surface area contributed by atoms with Gasteiger partial charge in [-0.05, 0) is 49.7 Å². The quantitative estimate of drug-likeness (QED) is 0.817. The van der Waals surface area contributed by atoms with E-state index < -0.39 is 0 Å². The number of benzene rings is 1. The second-order valence-electron chi connectivity index (χ2n) is 4.76. The van der Waals surface area contributed by atoms with Gasteiger partial charge >= 0.3 is 0 Å². The number of nitrogens with one attached hydrogen (secondary N) is 2. The van der Waals surface area contributed by atoms with Crippen LogP contribution in [0.4, 0.5) is 0 Å². The summed E-state index contributed by atoms with van der Waals surface area (Å²) >= 11 is 8.52. The summed E-state index contributed by atoms with van der Waals surface area (Å²) in [7, 11) is 0. The van der Waals surface area contributed by atoms with Crippen LogP contribution >= 0.6 is 28.1 Å². The fraction of sp³-hybridized carbons (Fsp3) is 0.429. The molecule has 0 aliphatic carbocycles. The molecule has 1 heterocycles. The first-order valence-corrected chi connectivity index (χ1v) is 7.73. The van der Waals surface area contributed by atoms with Gasteiger partial charge in [-0.1, -0.05) is 22.0 Å². The van der Waals surface area contributed by atoms with Gasteiger partial charge in [0, 0.05) is 23.2 Å². The van der Waals surface area contributed by atoms with Crippen LogP contribution < -0.4 is 10.6 Å². The Morgan fingerprint density at radius 1 is 1.55 bits per heavy atom. The molecule has 0 saturated carbocycles. The van der Waals surface area contributed by atoms with Crippen LogP contribution in [0.25, 0.3) is 0 Å². The summed E-state index contributed by atoms with van der Waals surface area (Å²) < 4.78 is 6.39. The summed E-state index contributed by atoms with van der Waals surface area (Å²) in [6, 6.07) is 5.45. The lowest BCUT2D eigenvalue weighted by Crippen LogP contribution is -2.42. The van der Waals surface area contributed by atoms with Crippen molar-refractivity contribution in [1.82, 2.24) is 10.6 Å². The molecule has 0 spiro atoms. The van der Waals surface area contributed by atoms with Gasteiger partial charge in [0.2, 0.25) is 0 Å². The minimum absolute atomic E-state index is 0.193. The van der Waals surface area contributed by atoms with Crippen molar-refractivity contribution in [3.63, 3.8) is 0 Å². The number of carbonyl (C=O) groups excluding carboxylic acids is 1. The van der Waals surface area contributed by atoms with Gasteiger partial charge in [0.15, 0.2) is 5.11 Å². The molecule has 1 saturated heterocycles. The molecule has 1 atom stereocenters. The first-order valence-electron chi connectivity index (χ1n) is 6.53. The van der Waals surface area contributed by atoms with E-state index in [9.17, 15) is 4.79 Å². The van der Waals surface area contributed by atoms with Crippen molar-refractivity contribution in [2.45, 2.75) is 25.9 Å². The van der Waals surface area contributed by atoms with Crippen LogP contribution in [0.15, 0.2) is 22.7 Å². The van der Waals surface area contributed by atoms with Crippen molar-refractivity contribution >= 4 is 39.2 Å². The molecule has 1 aliphatic rings. The Morgan fingerprint density at radius 3 is 3.00 bits per heavy atom. The second kappa shape index (κ2) is 7.15. The third-order valence-corrected chi connectivity index (χ3v) is 4.28. The van der Waals surface area contributed by atoms with E-state index in [1.165, 1.54) is 0 Å². The second-order valence-corrected chi connectivity index (χ2v) is 6.03. The summed E-state index contributed by atoms with van der Waals surface area (Å²) in [5.41, 5.74) is 1.66. The van der Waals surface area contributed by atoms with E-state index in [0.29, 0.717) is 17.2 Å². The molecular formula is C14H17BrN2O2S. The third kappa shape index (κ3) is 4.26. The molecule has 2 rings (SSSR count). The fourth-order valence-corrected chi connectivity index (χ4v) is 2.52. The molecule has 6 heteroatoms. The average Bonchev–Trinajstić information content (AvgIpc) is 2.92. The Hall–Kier alpha value is -0.980. The number of ether oxygens (including phenoxy) is 1. The molecule has 4 nitrogen and oxygen atoms in total. The SMILES string of the molecule is Cc1ccc(C(=O)NC(=S)NC[C@H]2CCCO2)cc1Br. The summed E-state index contributed by atoms with van der Waals surface area (Å²) in [4.78, 5) is 12.0. The van der Waals surface area contributed by atoms with Crippen LogP contribution in [0.5, 0.6) is 0 Å². The van der Waals surface area contributed by atoms with Gasteiger partial charge in [0.05, 0.1) is 6.10 Å². The summed E-state index contributed by atoms with van der Waals surface area (Å²) in [5, 5.41) is 6.02.